The van der Waals surface area contributed by atoms with E-state index >= 15 is 0 Å². The molecule has 1 aromatic carbocycles. The molecule has 8 heteroatoms. The number of esters is 1. The van der Waals surface area contributed by atoms with Gasteiger partial charge in [-0.25, -0.2) is 0 Å². The zero-order chi connectivity index (χ0) is 20.0. The molecule has 1 unspecified atom stereocenters. The van der Waals surface area contributed by atoms with Crippen LogP contribution < -0.4 is 10.6 Å². The molecule has 2 N–H and O–H groups in total. The normalized spacial score (nSPS) is 20.2. The molecule has 148 valence electrons. The molecule has 0 aromatic heterocycles. The molecule has 1 aliphatic rings. The van der Waals surface area contributed by atoms with E-state index in [1.165, 1.54) is 6.92 Å². The highest BCUT2D eigenvalue weighted by Gasteiger charge is 2.34. The van der Waals surface area contributed by atoms with Crippen molar-refractivity contribution in [3.05, 3.63) is 34.9 Å². The summed E-state index contributed by atoms with van der Waals surface area (Å²) in [6.07, 6.45) is 0.193. The van der Waals surface area contributed by atoms with E-state index in [0.29, 0.717) is 30.0 Å². The van der Waals surface area contributed by atoms with Crippen LogP contribution >= 0.6 is 11.6 Å². The number of carbonyl (C=O) groups is 3. The van der Waals surface area contributed by atoms with Crippen molar-refractivity contribution in [1.29, 1.82) is 0 Å². The number of benzene rings is 1. The summed E-state index contributed by atoms with van der Waals surface area (Å²) in [6, 6.07) is 5.28. The molecule has 2 rings (SSSR count). The summed E-state index contributed by atoms with van der Waals surface area (Å²) in [5.74, 6) is -0.975. The highest BCUT2D eigenvalue weighted by atomic mass is 35.5. The quantitative estimate of drug-likeness (QED) is 0.689. The van der Waals surface area contributed by atoms with Crippen LogP contribution in [0.25, 0.3) is 0 Å². The van der Waals surface area contributed by atoms with E-state index in [2.05, 4.69) is 10.6 Å². The van der Waals surface area contributed by atoms with Gasteiger partial charge >= 0.3 is 5.97 Å². The Morgan fingerprint density at radius 1 is 1.26 bits per heavy atom. The van der Waals surface area contributed by atoms with Crippen molar-refractivity contribution in [2.75, 3.05) is 6.61 Å². The Hall–Kier alpha value is -2.12. The van der Waals surface area contributed by atoms with Crippen molar-refractivity contribution in [2.24, 2.45) is 5.92 Å². The summed E-state index contributed by atoms with van der Waals surface area (Å²) in [5.41, 5.74) is 0.419. The summed E-state index contributed by atoms with van der Waals surface area (Å²) in [7, 11) is 0. The molecule has 1 aromatic rings. The van der Waals surface area contributed by atoms with Gasteiger partial charge in [0.2, 0.25) is 12.2 Å². The van der Waals surface area contributed by atoms with E-state index in [-0.39, 0.29) is 17.7 Å². The zero-order valence-corrected chi connectivity index (χ0v) is 16.4. The van der Waals surface area contributed by atoms with Gasteiger partial charge in [-0.05, 0) is 43.0 Å². The second-order valence-corrected chi connectivity index (χ2v) is 7.35. The van der Waals surface area contributed by atoms with Crippen LogP contribution in [-0.2, 0) is 19.1 Å². The van der Waals surface area contributed by atoms with E-state index in [9.17, 15) is 14.4 Å². The molecule has 1 aliphatic heterocycles. The monoisotopic (exact) mass is 396 g/mol. The third-order valence-corrected chi connectivity index (χ3v) is 4.34. The number of ether oxygens (including phenoxy) is 2. The van der Waals surface area contributed by atoms with Gasteiger partial charge in [0.1, 0.15) is 6.04 Å². The van der Waals surface area contributed by atoms with E-state index in [1.807, 2.05) is 13.8 Å². The number of carbonyl (C=O) groups excluding carboxylic acids is 3. The Kier molecular flexibility index (Phi) is 7.62. The van der Waals surface area contributed by atoms with Crippen LogP contribution in [-0.4, -0.2) is 42.8 Å². The highest BCUT2D eigenvalue weighted by molar-refractivity contribution is 6.30. The summed E-state index contributed by atoms with van der Waals surface area (Å²) >= 11 is 5.84. The van der Waals surface area contributed by atoms with Gasteiger partial charge in [-0.2, -0.15) is 0 Å². The first kappa shape index (κ1) is 21.2. The fourth-order valence-electron chi connectivity index (χ4n) is 2.81. The fraction of sp³-hybridized carbons (Fsp3) is 0.526. The number of hydrogen-bond donors (Lipinski definition) is 2. The van der Waals surface area contributed by atoms with Gasteiger partial charge in [0, 0.05) is 17.5 Å². The van der Waals surface area contributed by atoms with Crippen LogP contribution in [0.1, 0.15) is 44.0 Å². The van der Waals surface area contributed by atoms with Crippen LogP contribution in [0.2, 0.25) is 5.02 Å². The molecule has 2 amide bonds. The Labute approximate surface area is 163 Å². The first-order valence-corrected chi connectivity index (χ1v) is 9.29. The molecule has 3 atom stereocenters. The molecule has 1 saturated heterocycles. The summed E-state index contributed by atoms with van der Waals surface area (Å²) in [4.78, 5) is 36.4. The first-order chi connectivity index (χ1) is 12.8. The lowest BCUT2D eigenvalue weighted by Gasteiger charge is -2.24. The maximum absolute atomic E-state index is 12.7. The largest absolute Gasteiger partial charge is 0.434 e. The SMILES string of the molecule is CC(=O)O[C@@H]1OCC[C@@H]1NC(=O)C(CC(C)C)NC(=O)c1ccc(Cl)cc1. The van der Waals surface area contributed by atoms with E-state index in [4.69, 9.17) is 21.1 Å². The van der Waals surface area contributed by atoms with E-state index in [1.54, 1.807) is 24.3 Å². The molecule has 1 fully saturated rings. The third kappa shape index (κ3) is 6.52. The number of amides is 2. The van der Waals surface area contributed by atoms with Crippen molar-refractivity contribution in [3.63, 3.8) is 0 Å². The predicted octanol–water partition coefficient (Wildman–Crippen LogP) is 2.28. The zero-order valence-electron chi connectivity index (χ0n) is 15.7. The Bertz CT molecular complexity index is 677. The number of rotatable bonds is 7. The third-order valence-electron chi connectivity index (χ3n) is 4.08. The molecule has 7 nitrogen and oxygen atoms in total. The Morgan fingerprint density at radius 2 is 1.93 bits per heavy atom. The highest BCUT2D eigenvalue weighted by Crippen LogP contribution is 2.16. The Morgan fingerprint density at radius 3 is 2.52 bits per heavy atom. The fourth-order valence-corrected chi connectivity index (χ4v) is 2.94. The van der Waals surface area contributed by atoms with Crippen LogP contribution in [0.5, 0.6) is 0 Å². The van der Waals surface area contributed by atoms with Gasteiger partial charge in [-0.3, -0.25) is 14.4 Å². The van der Waals surface area contributed by atoms with Crippen LogP contribution in [0.3, 0.4) is 0 Å². The van der Waals surface area contributed by atoms with Crippen molar-refractivity contribution < 1.29 is 23.9 Å². The predicted molar refractivity (Wildman–Crippen MR) is 100 cm³/mol. The van der Waals surface area contributed by atoms with Crippen molar-refractivity contribution in [3.8, 4) is 0 Å². The van der Waals surface area contributed by atoms with Gasteiger partial charge in [0.25, 0.3) is 5.91 Å². The lowest BCUT2D eigenvalue weighted by atomic mass is 10.0. The smallest absolute Gasteiger partial charge is 0.305 e. The molecule has 27 heavy (non-hydrogen) atoms. The van der Waals surface area contributed by atoms with Crippen LogP contribution in [0, 0.1) is 5.92 Å². The molecule has 1 heterocycles. The summed E-state index contributed by atoms with van der Waals surface area (Å²) < 4.78 is 10.4. The van der Waals surface area contributed by atoms with Crippen molar-refractivity contribution in [2.45, 2.75) is 52.0 Å². The van der Waals surface area contributed by atoms with Gasteiger partial charge in [-0.1, -0.05) is 25.4 Å². The lowest BCUT2D eigenvalue weighted by molar-refractivity contribution is -0.170. The average Bonchev–Trinajstić information content (AvgIpc) is 3.00. The van der Waals surface area contributed by atoms with Crippen molar-refractivity contribution >= 4 is 29.4 Å². The molecule has 0 aliphatic carbocycles. The molecular formula is C19H25ClN2O5. The minimum atomic E-state index is -0.807. The second kappa shape index (κ2) is 9.71. The summed E-state index contributed by atoms with van der Waals surface area (Å²) in [5, 5.41) is 6.13. The minimum Gasteiger partial charge on any atom is -0.434 e. The molecule has 0 spiro atoms. The van der Waals surface area contributed by atoms with Crippen LogP contribution in [0.4, 0.5) is 0 Å². The number of hydrogen-bond acceptors (Lipinski definition) is 5. The molecule has 0 radical (unpaired) electrons. The van der Waals surface area contributed by atoms with Gasteiger partial charge in [-0.15, -0.1) is 0 Å². The Balaban J connectivity index is 2.03. The maximum atomic E-state index is 12.7. The van der Waals surface area contributed by atoms with Gasteiger partial charge in [0.15, 0.2) is 0 Å². The van der Waals surface area contributed by atoms with Gasteiger partial charge in [0.05, 0.1) is 12.6 Å². The lowest BCUT2D eigenvalue weighted by Crippen LogP contribution is -2.52. The van der Waals surface area contributed by atoms with Gasteiger partial charge < -0.3 is 20.1 Å². The second-order valence-electron chi connectivity index (χ2n) is 6.91. The minimum absolute atomic E-state index is 0.190. The average molecular weight is 397 g/mol. The molecular weight excluding hydrogens is 372 g/mol. The number of halogens is 1. The molecule has 0 saturated carbocycles. The summed E-state index contributed by atoms with van der Waals surface area (Å²) in [6.45, 7) is 5.60. The first-order valence-electron chi connectivity index (χ1n) is 8.92. The topological polar surface area (TPSA) is 93.7 Å². The molecule has 0 bridgehead atoms. The van der Waals surface area contributed by atoms with Crippen LogP contribution in [0.15, 0.2) is 24.3 Å². The maximum Gasteiger partial charge on any atom is 0.305 e. The standard InChI is InChI=1S/C19H25ClN2O5/c1-11(2)10-16(22-17(24)13-4-6-14(20)7-5-13)18(25)21-15-8-9-26-19(15)27-12(3)23/h4-7,11,15-16,19H,8-10H2,1-3H3,(H,21,25)(H,22,24)/t15-,16?,19-/m0/s1. The van der Waals surface area contributed by atoms with E-state index < -0.39 is 24.3 Å². The number of nitrogens with one attached hydrogen (secondary N) is 2. The van der Waals surface area contributed by atoms with Crippen molar-refractivity contribution in [1.82, 2.24) is 10.6 Å². The van der Waals surface area contributed by atoms with E-state index in [0.717, 1.165) is 0 Å².